The second-order valence-electron chi connectivity index (χ2n) is 2.95. The summed E-state index contributed by atoms with van der Waals surface area (Å²) in [6.45, 7) is 2.11. The average molecular weight is 186 g/mol. The summed E-state index contributed by atoms with van der Waals surface area (Å²) in [5, 5.41) is 9.33. The van der Waals surface area contributed by atoms with Crippen molar-refractivity contribution in [2.45, 2.75) is 38.7 Å². The van der Waals surface area contributed by atoms with Crippen LogP contribution in [0.1, 0.15) is 32.6 Å². The van der Waals surface area contributed by atoms with Crippen LogP contribution in [0, 0.1) is 0 Å². The van der Waals surface area contributed by atoms with Gasteiger partial charge in [-0.3, -0.25) is 0 Å². The molecule has 0 spiro atoms. The Bertz CT molecular complexity index is 164. The third-order valence-electron chi connectivity index (χ3n) is 1.76. The topological polar surface area (TPSA) is 46.5 Å². The average Bonchev–Trinajstić information content (AvgIpc) is 2.14. The van der Waals surface area contributed by atoms with E-state index in [0.717, 1.165) is 19.3 Å². The quantitative estimate of drug-likeness (QED) is 0.390. The maximum absolute atomic E-state index is 10.6. The summed E-state index contributed by atoms with van der Waals surface area (Å²) >= 11 is 0. The summed E-state index contributed by atoms with van der Waals surface area (Å²) in [5.74, 6) is -0.422. The van der Waals surface area contributed by atoms with Gasteiger partial charge < -0.3 is 9.84 Å². The van der Waals surface area contributed by atoms with Crippen molar-refractivity contribution in [2.75, 3.05) is 7.11 Å². The molecule has 0 aromatic rings. The number of aliphatic hydroxyl groups excluding tert-OH is 1. The largest absolute Gasteiger partial charge is 0.466 e. The summed E-state index contributed by atoms with van der Waals surface area (Å²) in [5.41, 5.74) is 0. The molecule has 0 heterocycles. The van der Waals surface area contributed by atoms with Gasteiger partial charge in [0.05, 0.1) is 13.2 Å². The van der Waals surface area contributed by atoms with E-state index in [1.54, 1.807) is 0 Å². The predicted octanol–water partition coefficient (Wildman–Crippen LogP) is 1.66. The molecule has 1 atom stereocenters. The van der Waals surface area contributed by atoms with Gasteiger partial charge in [-0.25, -0.2) is 4.79 Å². The second-order valence-corrected chi connectivity index (χ2v) is 2.95. The number of esters is 1. The van der Waals surface area contributed by atoms with Crippen LogP contribution >= 0.6 is 0 Å². The Hall–Kier alpha value is -0.830. The molecule has 13 heavy (non-hydrogen) atoms. The molecule has 0 aliphatic rings. The van der Waals surface area contributed by atoms with Crippen molar-refractivity contribution in [1.82, 2.24) is 0 Å². The number of hydrogen-bond acceptors (Lipinski definition) is 3. The first-order valence-corrected chi connectivity index (χ1v) is 4.65. The standard InChI is InChI=1S/C10H18O3/c1-3-4-5-6-9(11)7-8-10(12)13-2/h7-9,11H,3-6H2,1-2H3/b8-7+/t9-/m0/s1. The van der Waals surface area contributed by atoms with Crippen molar-refractivity contribution in [3.8, 4) is 0 Å². The molecule has 1 N–H and O–H groups in total. The van der Waals surface area contributed by atoms with Crippen molar-refractivity contribution in [3.63, 3.8) is 0 Å². The van der Waals surface area contributed by atoms with Gasteiger partial charge in [-0.2, -0.15) is 0 Å². The van der Waals surface area contributed by atoms with Crippen LogP contribution in [0.25, 0.3) is 0 Å². The van der Waals surface area contributed by atoms with Crippen LogP contribution in [0.4, 0.5) is 0 Å². The smallest absolute Gasteiger partial charge is 0.330 e. The van der Waals surface area contributed by atoms with Crippen LogP contribution in [0.15, 0.2) is 12.2 Å². The van der Waals surface area contributed by atoms with Gasteiger partial charge in [0.15, 0.2) is 0 Å². The van der Waals surface area contributed by atoms with E-state index in [-0.39, 0.29) is 0 Å². The molecule has 0 unspecified atom stereocenters. The fraction of sp³-hybridized carbons (Fsp3) is 0.700. The highest BCUT2D eigenvalue weighted by Gasteiger charge is 1.99. The number of carbonyl (C=O) groups excluding carboxylic acids is 1. The van der Waals surface area contributed by atoms with E-state index in [9.17, 15) is 9.90 Å². The molecular formula is C10H18O3. The summed E-state index contributed by atoms with van der Waals surface area (Å²) < 4.78 is 4.39. The van der Waals surface area contributed by atoms with Gasteiger partial charge in [0.25, 0.3) is 0 Å². The van der Waals surface area contributed by atoms with E-state index < -0.39 is 12.1 Å². The Labute approximate surface area is 79.4 Å². The SMILES string of the molecule is CCCCC[C@H](O)/C=C/C(=O)OC. The van der Waals surface area contributed by atoms with E-state index in [2.05, 4.69) is 11.7 Å². The molecule has 0 saturated carbocycles. The summed E-state index contributed by atoms with van der Waals surface area (Å²) in [7, 11) is 1.32. The lowest BCUT2D eigenvalue weighted by Gasteiger charge is -2.03. The zero-order valence-electron chi connectivity index (χ0n) is 8.32. The number of unbranched alkanes of at least 4 members (excludes halogenated alkanes) is 2. The Kier molecular flexibility index (Phi) is 7.30. The molecule has 3 heteroatoms. The fourth-order valence-electron chi connectivity index (χ4n) is 0.957. The second kappa shape index (κ2) is 7.80. The van der Waals surface area contributed by atoms with Gasteiger partial charge in [0.2, 0.25) is 0 Å². The number of aliphatic hydroxyl groups is 1. The Morgan fingerprint density at radius 2 is 2.23 bits per heavy atom. The zero-order chi connectivity index (χ0) is 10.1. The number of hydrogen-bond donors (Lipinski definition) is 1. The number of rotatable bonds is 6. The molecule has 0 fully saturated rings. The highest BCUT2D eigenvalue weighted by Crippen LogP contribution is 2.04. The van der Waals surface area contributed by atoms with Crippen molar-refractivity contribution >= 4 is 5.97 Å². The van der Waals surface area contributed by atoms with Crippen molar-refractivity contribution in [2.24, 2.45) is 0 Å². The summed E-state index contributed by atoms with van der Waals surface area (Å²) in [6, 6.07) is 0. The molecule has 0 amide bonds. The van der Waals surface area contributed by atoms with Gasteiger partial charge in [-0.15, -0.1) is 0 Å². The zero-order valence-corrected chi connectivity index (χ0v) is 8.32. The third-order valence-corrected chi connectivity index (χ3v) is 1.76. The van der Waals surface area contributed by atoms with E-state index >= 15 is 0 Å². The van der Waals surface area contributed by atoms with Gasteiger partial charge >= 0.3 is 5.97 Å². The fourth-order valence-corrected chi connectivity index (χ4v) is 0.957. The van der Waals surface area contributed by atoms with E-state index in [1.807, 2.05) is 0 Å². The molecule has 0 saturated heterocycles. The lowest BCUT2D eigenvalue weighted by atomic mass is 10.1. The minimum Gasteiger partial charge on any atom is -0.466 e. The highest BCUT2D eigenvalue weighted by atomic mass is 16.5. The Morgan fingerprint density at radius 1 is 1.54 bits per heavy atom. The van der Waals surface area contributed by atoms with Gasteiger partial charge in [0.1, 0.15) is 0 Å². The lowest BCUT2D eigenvalue weighted by Crippen LogP contribution is -2.03. The minimum absolute atomic E-state index is 0.422. The van der Waals surface area contributed by atoms with Crippen LogP contribution in [-0.2, 0) is 9.53 Å². The molecular weight excluding hydrogens is 168 g/mol. The number of ether oxygens (including phenoxy) is 1. The summed E-state index contributed by atoms with van der Waals surface area (Å²) in [6.07, 6.45) is 6.16. The third kappa shape index (κ3) is 7.53. The Balaban J connectivity index is 3.54. The normalized spacial score (nSPS) is 13.2. The maximum atomic E-state index is 10.6. The molecule has 0 aliphatic carbocycles. The van der Waals surface area contributed by atoms with Gasteiger partial charge in [-0.05, 0) is 12.5 Å². The molecule has 0 aromatic heterocycles. The van der Waals surface area contributed by atoms with E-state index in [4.69, 9.17) is 0 Å². The van der Waals surface area contributed by atoms with Crippen LogP contribution < -0.4 is 0 Å². The molecule has 0 aliphatic heterocycles. The monoisotopic (exact) mass is 186 g/mol. The Morgan fingerprint density at radius 3 is 2.77 bits per heavy atom. The van der Waals surface area contributed by atoms with Gasteiger partial charge in [-0.1, -0.05) is 26.2 Å². The molecule has 0 aromatic carbocycles. The predicted molar refractivity (Wildman–Crippen MR) is 51.3 cm³/mol. The van der Waals surface area contributed by atoms with Crippen LogP contribution in [0.5, 0.6) is 0 Å². The number of carbonyl (C=O) groups is 1. The maximum Gasteiger partial charge on any atom is 0.330 e. The first-order chi connectivity index (χ1) is 6.20. The molecule has 0 radical (unpaired) electrons. The summed E-state index contributed by atoms with van der Waals surface area (Å²) in [4.78, 5) is 10.6. The van der Waals surface area contributed by atoms with Crippen LogP contribution in [-0.4, -0.2) is 24.3 Å². The number of methoxy groups -OCH3 is 1. The van der Waals surface area contributed by atoms with Gasteiger partial charge in [0, 0.05) is 6.08 Å². The molecule has 0 bridgehead atoms. The first-order valence-electron chi connectivity index (χ1n) is 4.65. The molecule has 76 valence electrons. The minimum atomic E-state index is -0.523. The van der Waals surface area contributed by atoms with E-state index in [1.165, 1.54) is 19.3 Å². The van der Waals surface area contributed by atoms with E-state index in [0.29, 0.717) is 6.42 Å². The van der Waals surface area contributed by atoms with Crippen LogP contribution in [0.2, 0.25) is 0 Å². The van der Waals surface area contributed by atoms with Crippen LogP contribution in [0.3, 0.4) is 0 Å². The van der Waals surface area contributed by atoms with Crippen molar-refractivity contribution in [1.29, 1.82) is 0 Å². The molecule has 0 rings (SSSR count). The van der Waals surface area contributed by atoms with Crippen molar-refractivity contribution in [3.05, 3.63) is 12.2 Å². The highest BCUT2D eigenvalue weighted by molar-refractivity contribution is 5.81. The lowest BCUT2D eigenvalue weighted by molar-refractivity contribution is -0.134. The van der Waals surface area contributed by atoms with Crippen molar-refractivity contribution < 1.29 is 14.6 Å². The first kappa shape index (κ1) is 12.2. The molecule has 3 nitrogen and oxygen atoms in total.